The molecule has 0 bridgehead atoms. The maximum atomic E-state index is 5.46. The van der Waals surface area contributed by atoms with Crippen LogP contribution in [0.1, 0.15) is 30.1 Å². The molecule has 0 amide bonds. The van der Waals surface area contributed by atoms with Crippen molar-refractivity contribution in [1.29, 1.82) is 0 Å². The molecule has 3 heterocycles. The molecule has 1 aliphatic carbocycles. The minimum Gasteiger partial charge on any atom is -0.493 e. The van der Waals surface area contributed by atoms with E-state index in [1.54, 1.807) is 20.4 Å². The van der Waals surface area contributed by atoms with Crippen LogP contribution < -0.4 is 14.8 Å². The molecule has 156 valence electrons. The summed E-state index contributed by atoms with van der Waals surface area (Å²) in [4.78, 5) is 9.20. The van der Waals surface area contributed by atoms with Crippen molar-refractivity contribution in [3.8, 4) is 22.6 Å². The lowest BCUT2D eigenvalue weighted by molar-refractivity contribution is 0.356. The predicted octanol–water partition coefficient (Wildman–Crippen LogP) is 4.59. The van der Waals surface area contributed by atoms with Gasteiger partial charge >= 0.3 is 0 Å². The molecule has 0 saturated carbocycles. The lowest BCUT2D eigenvalue weighted by Crippen LogP contribution is -2.18. The second-order valence-electron chi connectivity index (χ2n) is 7.54. The van der Waals surface area contributed by atoms with Crippen LogP contribution in [-0.2, 0) is 6.42 Å². The number of hydrogen-bond acceptors (Lipinski definition) is 7. The molecule has 4 aromatic rings. The highest BCUT2D eigenvalue weighted by Gasteiger charge is 2.21. The Morgan fingerprint density at radius 2 is 1.87 bits per heavy atom. The summed E-state index contributed by atoms with van der Waals surface area (Å²) in [5.74, 6) is 2.12. The third-order valence-electron chi connectivity index (χ3n) is 5.75. The van der Waals surface area contributed by atoms with E-state index in [9.17, 15) is 0 Å². The van der Waals surface area contributed by atoms with E-state index in [1.807, 2.05) is 36.7 Å². The van der Waals surface area contributed by atoms with Crippen molar-refractivity contribution in [1.82, 2.24) is 20.2 Å². The van der Waals surface area contributed by atoms with Gasteiger partial charge in [-0.2, -0.15) is 10.2 Å². The molecule has 0 fully saturated rings. The Morgan fingerprint density at radius 3 is 2.68 bits per heavy atom. The SMILES string of the molecule is COc1cc2nncc(-c3ccc(NC4CCCc5ncccc54)nc3)c2cc1OC. The summed E-state index contributed by atoms with van der Waals surface area (Å²) in [6.07, 6.45) is 8.72. The maximum absolute atomic E-state index is 5.46. The molecular weight excluding hydrogens is 390 g/mol. The Morgan fingerprint density at radius 1 is 1.00 bits per heavy atom. The van der Waals surface area contributed by atoms with Crippen molar-refractivity contribution in [3.63, 3.8) is 0 Å². The summed E-state index contributed by atoms with van der Waals surface area (Å²) in [7, 11) is 3.23. The van der Waals surface area contributed by atoms with Gasteiger partial charge in [-0.1, -0.05) is 6.07 Å². The van der Waals surface area contributed by atoms with Crippen LogP contribution in [-0.4, -0.2) is 34.4 Å². The molecule has 5 rings (SSSR count). The quantitative estimate of drug-likeness (QED) is 0.512. The maximum Gasteiger partial charge on any atom is 0.162 e. The zero-order valence-electron chi connectivity index (χ0n) is 17.5. The average molecular weight is 413 g/mol. The van der Waals surface area contributed by atoms with Crippen molar-refractivity contribution in [2.24, 2.45) is 0 Å². The van der Waals surface area contributed by atoms with Gasteiger partial charge in [0.05, 0.1) is 32.0 Å². The van der Waals surface area contributed by atoms with Gasteiger partial charge in [0.1, 0.15) is 5.82 Å². The smallest absolute Gasteiger partial charge is 0.162 e. The molecule has 7 nitrogen and oxygen atoms in total. The van der Waals surface area contributed by atoms with Gasteiger partial charge in [0.25, 0.3) is 0 Å². The van der Waals surface area contributed by atoms with Gasteiger partial charge in [0.15, 0.2) is 11.5 Å². The number of hydrogen-bond donors (Lipinski definition) is 1. The highest BCUT2D eigenvalue weighted by Crippen LogP contribution is 2.36. The normalized spacial score (nSPS) is 15.4. The van der Waals surface area contributed by atoms with E-state index in [-0.39, 0.29) is 6.04 Å². The first-order chi connectivity index (χ1) is 15.3. The molecular formula is C24H23N5O2. The summed E-state index contributed by atoms with van der Waals surface area (Å²) >= 11 is 0. The first kappa shape index (κ1) is 19.2. The number of fused-ring (bicyclic) bond motifs is 2. The van der Waals surface area contributed by atoms with Crippen LogP contribution >= 0.6 is 0 Å². The van der Waals surface area contributed by atoms with Crippen LogP contribution in [0.15, 0.2) is 55.0 Å². The van der Waals surface area contributed by atoms with Crippen molar-refractivity contribution in [2.75, 3.05) is 19.5 Å². The van der Waals surface area contributed by atoms with Crippen LogP contribution in [0.4, 0.5) is 5.82 Å². The summed E-state index contributed by atoms with van der Waals surface area (Å²) in [6, 6.07) is 12.2. The molecule has 7 heteroatoms. The van der Waals surface area contributed by atoms with E-state index >= 15 is 0 Å². The summed E-state index contributed by atoms with van der Waals surface area (Å²) < 4.78 is 10.8. The number of ether oxygens (including phenoxy) is 2. The number of anilines is 1. The van der Waals surface area contributed by atoms with E-state index in [1.165, 1.54) is 11.3 Å². The molecule has 1 N–H and O–H groups in total. The fourth-order valence-corrected chi connectivity index (χ4v) is 4.19. The first-order valence-electron chi connectivity index (χ1n) is 10.3. The second kappa shape index (κ2) is 8.18. The second-order valence-corrected chi connectivity index (χ2v) is 7.54. The number of aromatic nitrogens is 4. The molecule has 31 heavy (non-hydrogen) atoms. The van der Waals surface area contributed by atoms with Crippen molar-refractivity contribution < 1.29 is 9.47 Å². The molecule has 1 unspecified atom stereocenters. The van der Waals surface area contributed by atoms with Gasteiger partial charge in [-0.3, -0.25) is 4.98 Å². The minimum atomic E-state index is 0.232. The van der Waals surface area contributed by atoms with Gasteiger partial charge in [0, 0.05) is 40.7 Å². The number of nitrogens with zero attached hydrogens (tertiary/aromatic N) is 4. The van der Waals surface area contributed by atoms with E-state index in [0.29, 0.717) is 11.5 Å². The van der Waals surface area contributed by atoms with Crippen LogP contribution in [0.25, 0.3) is 22.0 Å². The van der Waals surface area contributed by atoms with Crippen molar-refractivity contribution in [3.05, 3.63) is 66.2 Å². The highest BCUT2D eigenvalue weighted by molar-refractivity contribution is 5.95. The van der Waals surface area contributed by atoms with Gasteiger partial charge in [-0.05, 0) is 49.1 Å². The van der Waals surface area contributed by atoms with E-state index in [2.05, 4.69) is 37.6 Å². The van der Waals surface area contributed by atoms with Gasteiger partial charge in [-0.15, -0.1) is 0 Å². The van der Waals surface area contributed by atoms with Gasteiger partial charge < -0.3 is 14.8 Å². The Bertz CT molecular complexity index is 1230. The molecule has 0 spiro atoms. The van der Waals surface area contributed by atoms with E-state index in [4.69, 9.17) is 9.47 Å². The standard InChI is InChI=1S/C24H23N5O2/c1-30-22-11-17-18(14-27-29-21(17)12-23(22)31-2)15-8-9-24(26-13-15)28-20-7-3-6-19-16(20)5-4-10-25-19/h4-5,8-14,20H,3,6-7H2,1-2H3,(H,26,28). The van der Waals surface area contributed by atoms with Gasteiger partial charge in [0.2, 0.25) is 0 Å². The Kier molecular flexibility index (Phi) is 5.08. The minimum absolute atomic E-state index is 0.232. The molecule has 0 radical (unpaired) electrons. The average Bonchev–Trinajstić information content (AvgIpc) is 2.83. The number of aryl methyl sites for hydroxylation is 1. The third kappa shape index (κ3) is 3.63. The summed E-state index contributed by atoms with van der Waals surface area (Å²) in [5.41, 5.74) is 5.09. The summed E-state index contributed by atoms with van der Waals surface area (Å²) in [5, 5.41) is 12.9. The van der Waals surface area contributed by atoms with Gasteiger partial charge in [-0.25, -0.2) is 4.98 Å². The highest BCUT2D eigenvalue weighted by atomic mass is 16.5. The fourth-order valence-electron chi connectivity index (χ4n) is 4.19. The number of nitrogens with one attached hydrogen (secondary N) is 1. The number of benzene rings is 1. The first-order valence-corrected chi connectivity index (χ1v) is 10.3. The lowest BCUT2D eigenvalue weighted by Gasteiger charge is -2.26. The Hall–Kier alpha value is -3.74. The molecule has 1 atom stereocenters. The van der Waals surface area contributed by atoms with Crippen LogP contribution in [0.5, 0.6) is 11.5 Å². The monoisotopic (exact) mass is 413 g/mol. The molecule has 3 aromatic heterocycles. The molecule has 1 aliphatic rings. The van der Waals surface area contributed by atoms with Crippen LogP contribution in [0, 0.1) is 0 Å². The lowest BCUT2D eigenvalue weighted by atomic mass is 9.91. The number of rotatable bonds is 5. The van der Waals surface area contributed by atoms with Crippen molar-refractivity contribution in [2.45, 2.75) is 25.3 Å². The van der Waals surface area contributed by atoms with Crippen LogP contribution in [0.2, 0.25) is 0 Å². The van der Waals surface area contributed by atoms with Crippen molar-refractivity contribution >= 4 is 16.7 Å². The predicted molar refractivity (Wildman–Crippen MR) is 119 cm³/mol. The molecule has 0 saturated heterocycles. The topological polar surface area (TPSA) is 82.1 Å². The largest absolute Gasteiger partial charge is 0.493 e. The van der Waals surface area contributed by atoms with E-state index in [0.717, 1.165) is 47.1 Å². The van der Waals surface area contributed by atoms with E-state index < -0.39 is 0 Å². The Balaban J connectivity index is 1.45. The third-order valence-corrected chi connectivity index (χ3v) is 5.75. The van der Waals surface area contributed by atoms with Crippen LogP contribution in [0.3, 0.4) is 0 Å². The summed E-state index contributed by atoms with van der Waals surface area (Å²) in [6.45, 7) is 0. The number of pyridine rings is 2. The zero-order chi connectivity index (χ0) is 21.2. The molecule has 0 aliphatic heterocycles. The fraction of sp³-hybridized carbons (Fsp3) is 0.250. The molecule has 1 aromatic carbocycles. The number of methoxy groups -OCH3 is 2. The Labute approximate surface area is 180 Å². The zero-order valence-corrected chi connectivity index (χ0v) is 17.5.